The van der Waals surface area contributed by atoms with Crippen LogP contribution in [-0.2, 0) is 17.8 Å². The number of hydrogen-bond acceptors (Lipinski definition) is 4. The van der Waals surface area contributed by atoms with Gasteiger partial charge in [-0.25, -0.2) is 0 Å². The van der Waals surface area contributed by atoms with Crippen LogP contribution >= 0.6 is 0 Å². The molecule has 0 aliphatic carbocycles. The number of benzene rings is 1. The summed E-state index contributed by atoms with van der Waals surface area (Å²) in [6, 6.07) is 4.73. The monoisotopic (exact) mass is 249 g/mol. The van der Waals surface area contributed by atoms with Crippen molar-refractivity contribution in [2.24, 2.45) is 0 Å². The molecular weight excluding hydrogens is 230 g/mol. The molecule has 0 spiro atoms. The van der Waals surface area contributed by atoms with Gasteiger partial charge in [-0.05, 0) is 37.4 Å². The van der Waals surface area contributed by atoms with Gasteiger partial charge in [-0.3, -0.25) is 0 Å². The molecule has 1 fully saturated rings. The van der Waals surface area contributed by atoms with Crippen molar-refractivity contribution in [3.8, 4) is 11.5 Å². The molecule has 0 aromatic heterocycles. The van der Waals surface area contributed by atoms with E-state index in [9.17, 15) is 0 Å². The van der Waals surface area contributed by atoms with Crippen molar-refractivity contribution in [1.29, 1.82) is 0 Å². The summed E-state index contributed by atoms with van der Waals surface area (Å²) in [5, 5.41) is 3.53. The fourth-order valence-corrected chi connectivity index (χ4v) is 2.76. The molecule has 2 heterocycles. The third-order valence-electron chi connectivity index (χ3n) is 3.66. The summed E-state index contributed by atoms with van der Waals surface area (Å²) in [4.78, 5) is 0. The maximum Gasteiger partial charge on any atom is 0.231 e. The van der Waals surface area contributed by atoms with Crippen molar-refractivity contribution >= 4 is 0 Å². The molecule has 1 saturated heterocycles. The molecule has 2 aliphatic rings. The van der Waals surface area contributed by atoms with E-state index in [4.69, 9.17) is 14.2 Å². The normalized spacial score (nSPS) is 21.5. The zero-order valence-corrected chi connectivity index (χ0v) is 10.7. The van der Waals surface area contributed by atoms with E-state index in [2.05, 4.69) is 11.4 Å². The van der Waals surface area contributed by atoms with Crippen LogP contribution < -0.4 is 14.8 Å². The van der Waals surface area contributed by atoms with Gasteiger partial charge in [0, 0.05) is 18.7 Å². The molecule has 0 amide bonds. The minimum atomic E-state index is 0.317. The van der Waals surface area contributed by atoms with Crippen LogP contribution in [0.4, 0.5) is 0 Å². The van der Waals surface area contributed by atoms with Crippen LogP contribution in [0.1, 0.15) is 24.0 Å². The van der Waals surface area contributed by atoms with Gasteiger partial charge in [0.15, 0.2) is 11.5 Å². The van der Waals surface area contributed by atoms with Crippen LogP contribution in [0, 0.1) is 0 Å². The van der Waals surface area contributed by atoms with Crippen molar-refractivity contribution in [3.05, 3.63) is 23.3 Å². The van der Waals surface area contributed by atoms with E-state index in [0.717, 1.165) is 30.0 Å². The molecule has 98 valence electrons. The van der Waals surface area contributed by atoms with Crippen LogP contribution in [0.5, 0.6) is 11.5 Å². The average Bonchev–Trinajstić information content (AvgIpc) is 3.03. The second-order valence-electron chi connectivity index (χ2n) is 4.87. The molecule has 4 nitrogen and oxygen atoms in total. The van der Waals surface area contributed by atoms with E-state index < -0.39 is 0 Å². The lowest BCUT2D eigenvalue weighted by Gasteiger charge is -2.15. The third kappa shape index (κ3) is 2.18. The zero-order chi connectivity index (χ0) is 12.4. The first-order valence-electron chi connectivity index (χ1n) is 6.51. The SMILES string of the molecule is COCc1c(CC2CCCN2)ccc2c1OCO2. The van der Waals surface area contributed by atoms with Crippen LogP contribution in [-0.4, -0.2) is 26.5 Å². The second kappa shape index (κ2) is 5.16. The van der Waals surface area contributed by atoms with Crippen LogP contribution in [0.2, 0.25) is 0 Å². The molecule has 18 heavy (non-hydrogen) atoms. The van der Waals surface area contributed by atoms with Crippen LogP contribution in [0.15, 0.2) is 12.1 Å². The molecule has 3 rings (SSSR count). The Bertz CT molecular complexity index is 427. The summed E-state index contributed by atoms with van der Waals surface area (Å²) in [5.41, 5.74) is 2.45. The Hall–Kier alpha value is -1.26. The molecule has 1 aromatic rings. The summed E-state index contributed by atoms with van der Waals surface area (Å²) in [6.45, 7) is 2.03. The number of rotatable bonds is 4. The predicted octanol–water partition coefficient (Wildman–Crippen LogP) is 1.86. The second-order valence-corrected chi connectivity index (χ2v) is 4.87. The number of fused-ring (bicyclic) bond motifs is 1. The molecule has 0 bridgehead atoms. The number of ether oxygens (including phenoxy) is 3. The Balaban J connectivity index is 1.87. The van der Waals surface area contributed by atoms with Gasteiger partial charge in [0.1, 0.15) is 0 Å². The van der Waals surface area contributed by atoms with Crippen LogP contribution in [0.25, 0.3) is 0 Å². The van der Waals surface area contributed by atoms with Gasteiger partial charge in [-0.2, -0.15) is 0 Å². The lowest BCUT2D eigenvalue weighted by atomic mass is 9.98. The lowest BCUT2D eigenvalue weighted by Crippen LogP contribution is -2.24. The molecule has 0 radical (unpaired) electrons. The Kier molecular flexibility index (Phi) is 3.39. The molecule has 1 N–H and O–H groups in total. The fourth-order valence-electron chi connectivity index (χ4n) is 2.76. The third-order valence-corrected chi connectivity index (χ3v) is 3.66. The summed E-state index contributed by atoms with van der Waals surface area (Å²) in [5.74, 6) is 1.71. The first kappa shape index (κ1) is 11.8. The van der Waals surface area contributed by atoms with E-state index in [0.29, 0.717) is 19.4 Å². The minimum Gasteiger partial charge on any atom is -0.454 e. The highest BCUT2D eigenvalue weighted by molar-refractivity contribution is 5.52. The van der Waals surface area contributed by atoms with Gasteiger partial charge >= 0.3 is 0 Å². The van der Waals surface area contributed by atoms with Gasteiger partial charge < -0.3 is 19.5 Å². The van der Waals surface area contributed by atoms with Crippen molar-refractivity contribution in [1.82, 2.24) is 5.32 Å². The maximum atomic E-state index is 5.56. The average molecular weight is 249 g/mol. The molecule has 2 aliphatic heterocycles. The minimum absolute atomic E-state index is 0.317. The lowest BCUT2D eigenvalue weighted by molar-refractivity contribution is 0.162. The molecule has 1 atom stereocenters. The molecular formula is C14H19NO3. The van der Waals surface area contributed by atoms with Gasteiger partial charge in [-0.1, -0.05) is 6.07 Å². The first-order chi connectivity index (χ1) is 8.88. The van der Waals surface area contributed by atoms with E-state index in [-0.39, 0.29) is 0 Å². The molecule has 4 heteroatoms. The standard InChI is InChI=1S/C14H19NO3/c1-16-8-12-10(7-11-3-2-6-15-11)4-5-13-14(12)18-9-17-13/h4-5,11,15H,2-3,6-9H2,1H3. The Morgan fingerprint density at radius 1 is 1.39 bits per heavy atom. The predicted molar refractivity (Wildman–Crippen MR) is 68.0 cm³/mol. The smallest absolute Gasteiger partial charge is 0.231 e. The van der Waals surface area contributed by atoms with Crippen molar-refractivity contribution in [2.45, 2.75) is 31.9 Å². The summed E-state index contributed by atoms with van der Waals surface area (Å²) in [6.07, 6.45) is 3.56. The Labute approximate surface area is 107 Å². The number of methoxy groups -OCH3 is 1. The maximum absolute atomic E-state index is 5.56. The zero-order valence-electron chi connectivity index (χ0n) is 10.7. The highest BCUT2D eigenvalue weighted by atomic mass is 16.7. The number of nitrogens with one attached hydrogen (secondary N) is 1. The summed E-state index contributed by atoms with van der Waals surface area (Å²) in [7, 11) is 1.72. The Morgan fingerprint density at radius 3 is 3.11 bits per heavy atom. The highest BCUT2D eigenvalue weighted by Crippen LogP contribution is 2.38. The van der Waals surface area contributed by atoms with Crippen molar-refractivity contribution in [3.63, 3.8) is 0 Å². The Morgan fingerprint density at radius 2 is 2.33 bits per heavy atom. The van der Waals surface area contributed by atoms with Crippen LogP contribution in [0.3, 0.4) is 0 Å². The fraction of sp³-hybridized carbons (Fsp3) is 0.571. The number of hydrogen-bond donors (Lipinski definition) is 1. The summed E-state index contributed by atoms with van der Waals surface area (Å²) < 4.78 is 16.3. The quantitative estimate of drug-likeness (QED) is 0.884. The first-order valence-corrected chi connectivity index (χ1v) is 6.51. The van der Waals surface area contributed by atoms with Gasteiger partial charge in [0.2, 0.25) is 6.79 Å². The molecule has 1 unspecified atom stereocenters. The van der Waals surface area contributed by atoms with E-state index in [1.165, 1.54) is 18.4 Å². The van der Waals surface area contributed by atoms with Crippen molar-refractivity contribution < 1.29 is 14.2 Å². The molecule has 1 aromatic carbocycles. The van der Waals surface area contributed by atoms with E-state index in [1.54, 1.807) is 7.11 Å². The van der Waals surface area contributed by atoms with Gasteiger partial charge in [0.05, 0.1) is 6.61 Å². The topological polar surface area (TPSA) is 39.7 Å². The van der Waals surface area contributed by atoms with Crippen molar-refractivity contribution in [2.75, 3.05) is 20.4 Å². The largest absolute Gasteiger partial charge is 0.454 e. The van der Waals surface area contributed by atoms with Gasteiger partial charge in [-0.15, -0.1) is 0 Å². The van der Waals surface area contributed by atoms with E-state index in [1.807, 2.05) is 6.07 Å². The summed E-state index contributed by atoms with van der Waals surface area (Å²) >= 11 is 0. The highest BCUT2D eigenvalue weighted by Gasteiger charge is 2.23. The van der Waals surface area contributed by atoms with E-state index >= 15 is 0 Å². The molecule has 0 saturated carbocycles. The van der Waals surface area contributed by atoms with Gasteiger partial charge in [0.25, 0.3) is 0 Å².